The number of aromatic nitrogens is 4. The summed E-state index contributed by atoms with van der Waals surface area (Å²) in [5.74, 6) is 0.518. The normalized spacial score (nSPS) is 24.1. The average Bonchev–Trinajstić information content (AvgIpc) is 3.36. The Labute approximate surface area is 195 Å². The van der Waals surface area contributed by atoms with Gasteiger partial charge < -0.3 is 25.3 Å². The number of carbonyl (C=O) groups excluding carboxylic acids is 1. The van der Waals surface area contributed by atoms with Crippen LogP contribution in [0.5, 0.6) is 0 Å². The number of fused-ring (bicyclic) bond motifs is 1. The molecule has 1 amide bonds. The van der Waals surface area contributed by atoms with Gasteiger partial charge in [0.2, 0.25) is 0 Å². The third-order valence-electron chi connectivity index (χ3n) is 6.57. The third kappa shape index (κ3) is 4.11. The molecule has 0 aliphatic heterocycles. The molecule has 3 aromatic rings. The highest BCUT2D eigenvalue weighted by Crippen LogP contribution is 2.30. The Kier molecular flexibility index (Phi) is 5.94. The molecule has 34 heavy (non-hydrogen) atoms. The zero-order chi connectivity index (χ0) is 23.8. The van der Waals surface area contributed by atoms with Gasteiger partial charge in [0.25, 0.3) is 11.5 Å². The number of anilines is 3. The lowest BCUT2D eigenvalue weighted by Crippen LogP contribution is -2.36. The van der Waals surface area contributed by atoms with Crippen molar-refractivity contribution in [1.29, 1.82) is 0 Å². The van der Waals surface area contributed by atoms with E-state index in [1.165, 1.54) is 10.7 Å². The maximum absolute atomic E-state index is 13.3. The van der Waals surface area contributed by atoms with E-state index in [1.54, 1.807) is 37.1 Å². The molecule has 4 atom stereocenters. The maximum atomic E-state index is 13.3. The van der Waals surface area contributed by atoms with E-state index in [-0.39, 0.29) is 23.3 Å². The molecule has 10 nitrogen and oxygen atoms in total. The summed E-state index contributed by atoms with van der Waals surface area (Å²) in [6.07, 6.45) is 6.44. The van der Waals surface area contributed by atoms with E-state index in [0.717, 1.165) is 25.7 Å². The summed E-state index contributed by atoms with van der Waals surface area (Å²) in [6.45, 7) is 0. The number of amides is 1. The van der Waals surface area contributed by atoms with E-state index in [1.807, 2.05) is 6.07 Å². The Bertz CT molecular complexity index is 1270. The number of nitrogens with zero attached hydrogens (tertiary/aromatic N) is 4. The van der Waals surface area contributed by atoms with E-state index in [9.17, 15) is 14.0 Å². The summed E-state index contributed by atoms with van der Waals surface area (Å²) in [6, 6.07) is 4.74. The molecule has 3 N–H and O–H groups in total. The van der Waals surface area contributed by atoms with Crippen LogP contribution in [-0.2, 0) is 4.74 Å². The molecule has 3 aromatic heterocycles. The molecule has 3 heterocycles. The van der Waals surface area contributed by atoms with Gasteiger partial charge in [0, 0.05) is 32.8 Å². The fourth-order valence-corrected chi connectivity index (χ4v) is 4.60. The van der Waals surface area contributed by atoms with Gasteiger partial charge in [0.15, 0.2) is 5.65 Å². The quantitative estimate of drug-likeness (QED) is 0.487. The van der Waals surface area contributed by atoms with Crippen LogP contribution in [0, 0.1) is 0 Å². The Morgan fingerprint density at radius 1 is 1.29 bits per heavy atom. The summed E-state index contributed by atoms with van der Waals surface area (Å²) in [5.41, 5.74) is 0.727. The maximum Gasteiger partial charge on any atom is 0.274 e. The molecule has 0 radical (unpaired) electrons. The molecule has 0 spiro atoms. The van der Waals surface area contributed by atoms with Crippen molar-refractivity contribution in [3.63, 3.8) is 0 Å². The van der Waals surface area contributed by atoms with Gasteiger partial charge in [-0.2, -0.15) is 9.61 Å². The van der Waals surface area contributed by atoms with Crippen molar-refractivity contribution in [2.45, 2.75) is 56.5 Å². The largest absolute Gasteiger partial charge is 0.379 e. The molecular weight excluding hydrogens is 441 g/mol. The van der Waals surface area contributed by atoms with Crippen LogP contribution in [0.1, 0.15) is 48.5 Å². The number of rotatable bonds is 7. The molecule has 0 aromatic carbocycles. The van der Waals surface area contributed by atoms with E-state index >= 15 is 0 Å². The van der Waals surface area contributed by atoms with Crippen LogP contribution in [0.2, 0.25) is 0 Å². The topological polar surface area (TPSA) is 115 Å². The third-order valence-corrected chi connectivity index (χ3v) is 6.57. The molecule has 0 bridgehead atoms. The summed E-state index contributed by atoms with van der Waals surface area (Å²) in [5, 5.41) is 13.0. The number of hydrogen-bond acceptors (Lipinski definition) is 7. The van der Waals surface area contributed by atoms with E-state index in [0.29, 0.717) is 29.4 Å². The molecule has 180 valence electrons. The first-order valence-electron chi connectivity index (χ1n) is 11.5. The second kappa shape index (κ2) is 9.05. The number of carbonyl (C=O) groups is 1. The molecule has 0 saturated heterocycles. The summed E-state index contributed by atoms with van der Waals surface area (Å²) in [7, 11) is 3.41. The van der Waals surface area contributed by atoms with E-state index < -0.39 is 18.1 Å². The van der Waals surface area contributed by atoms with Crippen LogP contribution < -0.4 is 21.5 Å². The van der Waals surface area contributed by atoms with Crippen LogP contribution in [0.25, 0.3) is 5.65 Å². The first-order valence-corrected chi connectivity index (χ1v) is 11.5. The van der Waals surface area contributed by atoms with Gasteiger partial charge in [0.1, 0.15) is 29.1 Å². The van der Waals surface area contributed by atoms with Crippen molar-refractivity contribution in [1.82, 2.24) is 24.5 Å². The van der Waals surface area contributed by atoms with Crippen LogP contribution in [0.4, 0.5) is 21.7 Å². The highest BCUT2D eigenvalue weighted by molar-refractivity contribution is 6.00. The lowest BCUT2D eigenvalue weighted by molar-refractivity contribution is 0.0278. The number of nitrogens with one attached hydrogen (secondary N) is 3. The second-order valence-corrected chi connectivity index (χ2v) is 8.79. The van der Waals surface area contributed by atoms with Crippen molar-refractivity contribution in [3.8, 4) is 0 Å². The summed E-state index contributed by atoms with van der Waals surface area (Å²) >= 11 is 0. The molecule has 2 aliphatic rings. The molecule has 0 unspecified atom stereocenters. The molecular formula is C23H28FN7O3. The number of hydrogen-bond donors (Lipinski definition) is 3. The predicted octanol–water partition coefficient (Wildman–Crippen LogP) is 2.65. The Balaban J connectivity index is 1.47. The monoisotopic (exact) mass is 469 g/mol. The summed E-state index contributed by atoms with van der Waals surface area (Å²) in [4.78, 5) is 30.5. The fourth-order valence-electron chi connectivity index (χ4n) is 4.60. The van der Waals surface area contributed by atoms with Crippen molar-refractivity contribution in [2.24, 2.45) is 0 Å². The van der Waals surface area contributed by atoms with E-state index in [4.69, 9.17) is 4.74 Å². The zero-order valence-corrected chi connectivity index (χ0v) is 19.1. The number of ether oxygens (including phenoxy) is 1. The number of pyridine rings is 1. The molecule has 5 rings (SSSR count). The highest BCUT2D eigenvalue weighted by atomic mass is 19.1. The van der Waals surface area contributed by atoms with Gasteiger partial charge in [-0.15, -0.1) is 0 Å². The minimum atomic E-state index is -1.01. The highest BCUT2D eigenvalue weighted by Gasteiger charge is 2.39. The van der Waals surface area contributed by atoms with E-state index in [2.05, 4.69) is 26.0 Å². The van der Waals surface area contributed by atoms with Gasteiger partial charge in [-0.1, -0.05) is 12.8 Å². The number of halogens is 1. The molecule has 2 aliphatic carbocycles. The van der Waals surface area contributed by atoms with Gasteiger partial charge in [-0.25, -0.2) is 9.37 Å². The molecule has 2 saturated carbocycles. The first-order chi connectivity index (χ1) is 16.5. The average molecular weight is 470 g/mol. The van der Waals surface area contributed by atoms with Gasteiger partial charge in [-0.05, 0) is 25.0 Å². The Morgan fingerprint density at radius 3 is 2.82 bits per heavy atom. The Hall–Kier alpha value is -3.47. The number of methoxy groups -OCH3 is 1. The SMILES string of the molecule is CNc1cc(Nc2cccn([C@@H]3CCCC[C@@H]3OC)c2=O)nc2c(C(=O)N[C@@H]3C[C@@H]3F)cnn12. The summed E-state index contributed by atoms with van der Waals surface area (Å²) < 4.78 is 22.1. The zero-order valence-electron chi connectivity index (χ0n) is 19.1. The minimum absolute atomic E-state index is 0.00433. The lowest BCUT2D eigenvalue weighted by atomic mass is 9.92. The fraction of sp³-hybridized carbons (Fsp3) is 0.478. The lowest BCUT2D eigenvalue weighted by Gasteiger charge is -2.32. The molecule has 2 fully saturated rings. The number of alkyl halides is 1. The van der Waals surface area contributed by atoms with Gasteiger partial charge in [-0.3, -0.25) is 9.59 Å². The van der Waals surface area contributed by atoms with Crippen molar-refractivity contribution < 1.29 is 13.9 Å². The van der Waals surface area contributed by atoms with Crippen molar-refractivity contribution in [2.75, 3.05) is 24.8 Å². The predicted molar refractivity (Wildman–Crippen MR) is 126 cm³/mol. The van der Waals surface area contributed by atoms with Crippen LogP contribution in [-0.4, -0.2) is 57.5 Å². The molecule has 11 heteroatoms. The van der Waals surface area contributed by atoms with Crippen LogP contribution >= 0.6 is 0 Å². The van der Waals surface area contributed by atoms with Crippen LogP contribution in [0.15, 0.2) is 35.4 Å². The smallest absolute Gasteiger partial charge is 0.274 e. The van der Waals surface area contributed by atoms with Crippen molar-refractivity contribution >= 4 is 28.9 Å². The van der Waals surface area contributed by atoms with Crippen molar-refractivity contribution in [3.05, 3.63) is 46.5 Å². The first kappa shape index (κ1) is 22.3. The Morgan fingerprint density at radius 2 is 2.09 bits per heavy atom. The second-order valence-electron chi connectivity index (χ2n) is 8.79. The van der Waals surface area contributed by atoms with Gasteiger partial charge in [0.05, 0.1) is 24.4 Å². The standard InChI is InChI=1S/C23H28FN7O3/c1-25-20-11-19(29-21-13(12-26-31(20)21)22(32)28-16-10-14(16)24)27-15-6-5-9-30(23(15)33)17-7-3-4-8-18(17)34-2/h5-6,9,11-12,14,16-18,25H,3-4,7-8,10H2,1-2H3,(H,27,29)(H,28,32)/t14-,16+,17+,18-/m0/s1. The minimum Gasteiger partial charge on any atom is -0.379 e. The van der Waals surface area contributed by atoms with Crippen LogP contribution in [0.3, 0.4) is 0 Å². The van der Waals surface area contributed by atoms with Gasteiger partial charge >= 0.3 is 0 Å².